The summed E-state index contributed by atoms with van der Waals surface area (Å²) in [7, 11) is 1.63. The Labute approximate surface area is 109 Å². The van der Waals surface area contributed by atoms with Crippen molar-refractivity contribution in [2.24, 2.45) is 5.92 Å². The molecule has 4 heteroatoms. The van der Waals surface area contributed by atoms with E-state index in [0.717, 1.165) is 6.61 Å². The minimum Gasteiger partial charge on any atom is -0.382 e. The Hall–Kier alpha value is -0.450. The van der Waals surface area contributed by atoms with Gasteiger partial charge in [0.2, 0.25) is 0 Å². The molecule has 4 nitrogen and oxygen atoms in total. The summed E-state index contributed by atoms with van der Waals surface area (Å²) in [4.78, 5) is 11.4. The minimum absolute atomic E-state index is 0.0173. The van der Waals surface area contributed by atoms with Crippen molar-refractivity contribution in [3.8, 4) is 0 Å². The van der Waals surface area contributed by atoms with Crippen molar-refractivity contribution >= 4 is 5.78 Å². The Kier molecular flexibility index (Phi) is 5.60. The Morgan fingerprint density at radius 1 is 1.11 bits per heavy atom. The Morgan fingerprint density at radius 2 is 1.89 bits per heavy atom. The normalized spacial score (nSPS) is 29.3. The summed E-state index contributed by atoms with van der Waals surface area (Å²) >= 11 is 0. The number of ketones is 1. The lowest BCUT2D eigenvalue weighted by atomic mass is 9.88. The first-order valence-electron chi connectivity index (χ1n) is 7.06. The smallest absolute Gasteiger partial charge is 0.166 e. The van der Waals surface area contributed by atoms with Gasteiger partial charge < -0.3 is 14.2 Å². The number of carbonyl (C=O) groups excluding carboxylic acids is 1. The third-order valence-electron chi connectivity index (χ3n) is 3.91. The highest BCUT2D eigenvalue weighted by Gasteiger charge is 2.41. The topological polar surface area (TPSA) is 44.8 Å². The molecule has 0 aliphatic heterocycles. The summed E-state index contributed by atoms with van der Waals surface area (Å²) in [6.45, 7) is 1.79. The third kappa shape index (κ3) is 3.77. The van der Waals surface area contributed by atoms with Crippen LogP contribution >= 0.6 is 0 Å². The Bertz CT molecular complexity index is 261. The van der Waals surface area contributed by atoms with Crippen LogP contribution in [0.1, 0.15) is 38.5 Å². The van der Waals surface area contributed by atoms with Gasteiger partial charge in [-0.15, -0.1) is 0 Å². The zero-order chi connectivity index (χ0) is 12.8. The number of Topliss-reactive ketones (excluding diaryl/α,β-unsaturated/α-hetero) is 1. The first-order chi connectivity index (χ1) is 8.81. The summed E-state index contributed by atoms with van der Waals surface area (Å²) in [6, 6.07) is 0. The molecule has 2 atom stereocenters. The van der Waals surface area contributed by atoms with Crippen LogP contribution in [-0.4, -0.2) is 44.9 Å². The predicted molar refractivity (Wildman–Crippen MR) is 67.6 cm³/mol. The minimum atomic E-state index is -0.344. The lowest BCUT2D eigenvalue weighted by Gasteiger charge is -2.35. The molecule has 0 aromatic carbocycles. The van der Waals surface area contributed by atoms with E-state index in [1.807, 2.05) is 0 Å². The van der Waals surface area contributed by atoms with Crippen LogP contribution in [0.15, 0.2) is 0 Å². The molecule has 2 fully saturated rings. The second-order valence-corrected chi connectivity index (χ2v) is 5.33. The maximum Gasteiger partial charge on any atom is 0.166 e. The van der Waals surface area contributed by atoms with Gasteiger partial charge in [-0.3, -0.25) is 4.79 Å². The lowest BCUT2D eigenvalue weighted by Crippen LogP contribution is -2.51. The number of ether oxygens (including phenoxy) is 3. The summed E-state index contributed by atoms with van der Waals surface area (Å²) in [5, 5.41) is 0. The molecular weight excluding hydrogens is 232 g/mol. The van der Waals surface area contributed by atoms with E-state index in [1.165, 1.54) is 32.1 Å². The van der Waals surface area contributed by atoms with Gasteiger partial charge in [0.05, 0.1) is 19.3 Å². The molecule has 0 aromatic rings. The molecule has 0 radical (unpaired) electrons. The van der Waals surface area contributed by atoms with E-state index < -0.39 is 0 Å². The molecule has 0 amide bonds. The molecule has 104 valence electrons. The quantitative estimate of drug-likeness (QED) is 0.653. The number of methoxy groups -OCH3 is 1. The zero-order valence-corrected chi connectivity index (χ0v) is 11.2. The van der Waals surface area contributed by atoms with Gasteiger partial charge in [-0.2, -0.15) is 0 Å². The van der Waals surface area contributed by atoms with E-state index in [4.69, 9.17) is 14.2 Å². The monoisotopic (exact) mass is 256 g/mol. The van der Waals surface area contributed by atoms with Crippen LogP contribution in [0.3, 0.4) is 0 Å². The second kappa shape index (κ2) is 7.22. The van der Waals surface area contributed by atoms with E-state index in [0.29, 0.717) is 25.6 Å². The van der Waals surface area contributed by atoms with Gasteiger partial charge in [0.15, 0.2) is 5.78 Å². The zero-order valence-electron chi connectivity index (χ0n) is 11.2. The van der Waals surface area contributed by atoms with Crippen molar-refractivity contribution < 1.29 is 19.0 Å². The van der Waals surface area contributed by atoms with Crippen molar-refractivity contribution in [3.63, 3.8) is 0 Å². The summed E-state index contributed by atoms with van der Waals surface area (Å²) < 4.78 is 16.2. The standard InChI is InChI=1S/C14H24O4/c1-16-7-8-17-14-12(15)9-13(14)18-10-11-5-3-2-4-6-11/h11,13-14H,2-10H2,1H3. The fourth-order valence-corrected chi connectivity index (χ4v) is 2.69. The molecule has 0 aromatic heterocycles. The van der Waals surface area contributed by atoms with Crippen LogP contribution in [-0.2, 0) is 19.0 Å². The van der Waals surface area contributed by atoms with Gasteiger partial charge in [-0.05, 0) is 18.8 Å². The fraction of sp³-hybridized carbons (Fsp3) is 0.929. The maximum absolute atomic E-state index is 11.4. The fourth-order valence-electron chi connectivity index (χ4n) is 2.69. The lowest BCUT2D eigenvalue weighted by molar-refractivity contribution is -0.169. The highest BCUT2D eigenvalue weighted by Crippen LogP contribution is 2.27. The van der Waals surface area contributed by atoms with Crippen LogP contribution in [0, 0.1) is 5.92 Å². The SMILES string of the molecule is COCCOC1C(=O)CC1OCC1CCCCC1. The Balaban J connectivity index is 1.64. The van der Waals surface area contributed by atoms with E-state index in [9.17, 15) is 4.79 Å². The van der Waals surface area contributed by atoms with Crippen molar-refractivity contribution in [1.82, 2.24) is 0 Å². The molecule has 2 aliphatic rings. The molecule has 18 heavy (non-hydrogen) atoms. The van der Waals surface area contributed by atoms with Gasteiger partial charge in [0.25, 0.3) is 0 Å². The van der Waals surface area contributed by atoms with E-state index in [2.05, 4.69) is 0 Å². The molecular formula is C14H24O4. The van der Waals surface area contributed by atoms with Crippen molar-refractivity contribution in [3.05, 3.63) is 0 Å². The van der Waals surface area contributed by atoms with Crippen LogP contribution in [0.4, 0.5) is 0 Å². The highest BCUT2D eigenvalue weighted by atomic mass is 16.6. The average Bonchev–Trinajstić information content (AvgIpc) is 2.40. The molecule has 2 aliphatic carbocycles. The highest BCUT2D eigenvalue weighted by molar-refractivity contribution is 5.90. The van der Waals surface area contributed by atoms with Crippen molar-refractivity contribution in [1.29, 1.82) is 0 Å². The third-order valence-corrected chi connectivity index (χ3v) is 3.91. The van der Waals surface area contributed by atoms with Crippen molar-refractivity contribution in [2.75, 3.05) is 26.9 Å². The maximum atomic E-state index is 11.4. The molecule has 0 saturated heterocycles. The summed E-state index contributed by atoms with van der Waals surface area (Å²) in [6.07, 6.45) is 6.72. The predicted octanol–water partition coefficient (Wildman–Crippen LogP) is 1.96. The molecule has 0 N–H and O–H groups in total. The van der Waals surface area contributed by atoms with E-state index in [-0.39, 0.29) is 18.0 Å². The van der Waals surface area contributed by atoms with Crippen LogP contribution < -0.4 is 0 Å². The van der Waals surface area contributed by atoms with Gasteiger partial charge >= 0.3 is 0 Å². The summed E-state index contributed by atoms with van der Waals surface area (Å²) in [5.74, 6) is 0.855. The van der Waals surface area contributed by atoms with Crippen LogP contribution in [0.2, 0.25) is 0 Å². The number of hydrogen-bond donors (Lipinski definition) is 0. The molecule has 2 rings (SSSR count). The van der Waals surface area contributed by atoms with Gasteiger partial charge in [-0.25, -0.2) is 0 Å². The van der Waals surface area contributed by atoms with Gasteiger partial charge in [-0.1, -0.05) is 19.3 Å². The van der Waals surface area contributed by atoms with Gasteiger partial charge in [0.1, 0.15) is 6.10 Å². The molecule has 2 saturated carbocycles. The number of rotatable bonds is 7. The van der Waals surface area contributed by atoms with E-state index >= 15 is 0 Å². The summed E-state index contributed by atoms with van der Waals surface area (Å²) in [5.41, 5.74) is 0. The Morgan fingerprint density at radius 3 is 2.56 bits per heavy atom. The molecule has 0 spiro atoms. The number of carbonyl (C=O) groups is 1. The first-order valence-corrected chi connectivity index (χ1v) is 7.06. The molecule has 0 bridgehead atoms. The van der Waals surface area contributed by atoms with Crippen molar-refractivity contribution in [2.45, 2.75) is 50.7 Å². The largest absolute Gasteiger partial charge is 0.382 e. The van der Waals surface area contributed by atoms with E-state index in [1.54, 1.807) is 7.11 Å². The van der Waals surface area contributed by atoms with Gasteiger partial charge in [0, 0.05) is 20.1 Å². The first kappa shape index (κ1) is 14.0. The second-order valence-electron chi connectivity index (χ2n) is 5.33. The van der Waals surface area contributed by atoms with Crippen LogP contribution in [0.5, 0.6) is 0 Å². The van der Waals surface area contributed by atoms with Crippen LogP contribution in [0.25, 0.3) is 0 Å². The molecule has 2 unspecified atom stereocenters. The number of hydrogen-bond acceptors (Lipinski definition) is 4. The molecule has 0 heterocycles. The average molecular weight is 256 g/mol.